The van der Waals surface area contributed by atoms with Crippen LogP contribution in [-0.4, -0.2) is 65.4 Å². The molecule has 1 aliphatic rings. The van der Waals surface area contributed by atoms with Crippen LogP contribution in [0, 0.1) is 0 Å². The SMILES string of the molecule is CCOC(=O)CCCN1CCC(OC(c2ccccc2)c2ccccc2)CC1.O=C(O)/C=C/C(=O)O. The number of aliphatic carboxylic acids is 2. The summed E-state index contributed by atoms with van der Waals surface area (Å²) in [7, 11) is 0. The number of hydrogen-bond donors (Lipinski definition) is 2. The van der Waals surface area contributed by atoms with Gasteiger partial charge in [0.1, 0.15) is 6.10 Å². The van der Waals surface area contributed by atoms with E-state index in [2.05, 4.69) is 53.4 Å². The summed E-state index contributed by atoms with van der Waals surface area (Å²) in [6, 6.07) is 20.9. The van der Waals surface area contributed by atoms with Crippen molar-refractivity contribution < 1.29 is 34.1 Å². The van der Waals surface area contributed by atoms with E-state index in [4.69, 9.17) is 19.7 Å². The summed E-state index contributed by atoms with van der Waals surface area (Å²) in [5, 5.41) is 15.6. The molecule has 0 aliphatic carbocycles. The van der Waals surface area contributed by atoms with Crippen LogP contribution in [0.5, 0.6) is 0 Å². The van der Waals surface area contributed by atoms with Crippen molar-refractivity contribution in [2.24, 2.45) is 0 Å². The topological polar surface area (TPSA) is 113 Å². The van der Waals surface area contributed by atoms with Gasteiger partial charge in [-0.3, -0.25) is 4.79 Å². The van der Waals surface area contributed by atoms with Crippen molar-refractivity contribution in [3.8, 4) is 0 Å². The van der Waals surface area contributed by atoms with Crippen LogP contribution in [0.25, 0.3) is 0 Å². The maximum Gasteiger partial charge on any atom is 0.328 e. The lowest BCUT2D eigenvalue weighted by Gasteiger charge is -2.34. The highest BCUT2D eigenvalue weighted by molar-refractivity contribution is 5.89. The van der Waals surface area contributed by atoms with Crippen LogP contribution in [0.4, 0.5) is 0 Å². The van der Waals surface area contributed by atoms with Crippen LogP contribution in [0.15, 0.2) is 72.8 Å². The number of rotatable bonds is 11. The Hall–Kier alpha value is -3.49. The molecule has 0 aromatic heterocycles. The number of hydrogen-bond acceptors (Lipinski definition) is 6. The standard InChI is InChI=1S/C24H31NO3.C4H4O4/c1-2-27-23(26)14-9-17-25-18-15-22(16-19-25)28-24(20-10-5-3-6-11-20)21-12-7-4-8-13-21;5-3(6)1-2-4(7)8/h3-8,10-13,22,24H,2,9,14-19H2,1H3;1-2H,(H,5,6)(H,7,8)/b;2-1+. The average Bonchev–Trinajstić information content (AvgIpc) is 2.88. The predicted molar refractivity (Wildman–Crippen MR) is 136 cm³/mol. The molecule has 8 nitrogen and oxygen atoms in total. The van der Waals surface area contributed by atoms with Crippen molar-refractivity contribution in [2.75, 3.05) is 26.2 Å². The van der Waals surface area contributed by atoms with Gasteiger partial charge in [0.25, 0.3) is 0 Å². The number of carboxylic acid groups (broad SMARTS) is 2. The van der Waals surface area contributed by atoms with Crippen LogP contribution in [0.3, 0.4) is 0 Å². The van der Waals surface area contributed by atoms with Gasteiger partial charge in [-0.2, -0.15) is 0 Å². The van der Waals surface area contributed by atoms with Gasteiger partial charge in [-0.05, 0) is 43.9 Å². The molecule has 2 aromatic rings. The van der Waals surface area contributed by atoms with E-state index in [-0.39, 0.29) is 18.2 Å². The second-order valence-corrected chi connectivity index (χ2v) is 8.30. The fourth-order valence-corrected chi connectivity index (χ4v) is 3.89. The number of likely N-dealkylation sites (tertiary alicyclic amines) is 1. The molecule has 194 valence electrons. The number of carboxylic acids is 2. The predicted octanol–water partition coefficient (Wildman–Crippen LogP) is 4.31. The van der Waals surface area contributed by atoms with E-state index in [0.29, 0.717) is 25.2 Å². The van der Waals surface area contributed by atoms with Crippen molar-refractivity contribution in [2.45, 2.75) is 44.8 Å². The largest absolute Gasteiger partial charge is 0.478 e. The van der Waals surface area contributed by atoms with E-state index in [1.165, 1.54) is 11.1 Å². The second-order valence-electron chi connectivity index (χ2n) is 8.30. The smallest absolute Gasteiger partial charge is 0.328 e. The van der Waals surface area contributed by atoms with Gasteiger partial charge < -0.3 is 24.6 Å². The number of carbonyl (C=O) groups is 3. The molecule has 0 atom stereocenters. The van der Waals surface area contributed by atoms with Gasteiger partial charge in [0.15, 0.2) is 0 Å². The Morgan fingerprint density at radius 2 is 1.42 bits per heavy atom. The Bertz CT molecular complexity index is 899. The first-order chi connectivity index (χ1) is 17.4. The fraction of sp³-hybridized carbons (Fsp3) is 0.393. The molecule has 0 bridgehead atoms. The molecule has 0 radical (unpaired) electrons. The van der Waals surface area contributed by atoms with Gasteiger partial charge in [-0.15, -0.1) is 0 Å². The third-order valence-electron chi connectivity index (χ3n) is 5.60. The summed E-state index contributed by atoms with van der Waals surface area (Å²) in [5.41, 5.74) is 2.40. The van der Waals surface area contributed by atoms with E-state index in [0.717, 1.165) is 38.9 Å². The Morgan fingerprint density at radius 1 is 0.917 bits per heavy atom. The van der Waals surface area contributed by atoms with E-state index in [9.17, 15) is 14.4 Å². The molecule has 0 unspecified atom stereocenters. The molecule has 1 heterocycles. The first kappa shape index (κ1) is 28.7. The van der Waals surface area contributed by atoms with Gasteiger partial charge >= 0.3 is 17.9 Å². The van der Waals surface area contributed by atoms with Gasteiger partial charge in [-0.25, -0.2) is 9.59 Å². The second kappa shape index (κ2) is 16.2. The van der Waals surface area contributed by atoms with E-state index in [1.807, 2.05) is 19.1 Å². The molecule has 36 heavy (non-hydrogen) atoms. The fourth-order valence-electron chi connectivity index (χ4n) is 3.89. The summed E-state index contributed by atoms with van der Waals surface area (Å²) in [4.78, 5) is 33.0. The van der Waals surface area contributed by atoms with Crippen LogP contribution in [0.2, 0.25) is 0 Å². The summed E-state index contributed by atoms with van der Waals surface area (Å²) in [5.74, 6) is -2.60. The van der Waals surface area contributed by atoms with Crippen molar-refractivity contribution in [1.82, 2.24) is 4.90 Å². The highest BCUT2D eigenvalue weighted by Gasteiger charge is 2.24. The third kappa shape index (κ3) is 11.3. The quantitative estimate of drug-likeness (QED) is 0.349. The first-order valence-corrected chi connectivity index (χ1v) is 12.2. The Labute approximate surface area is 212 Å². The minimum atomic E-state index is -1.26. The lowest BCUT2D eigenvalue weighted by molar-refractivity contribution is -0.143. The Balaban J connectivity index is 0.000000493. The van der Waals surface area contributed by atoms with Crippen LogP contribution in [-0.2, 0) is 23.9 Å². The lowest BCUT2D eigenvalue weighted by Crippen LogP contribution is -2.38. The zero-order chi connectivity index (χ0) is 26.2. The summed E-state index contributed by atoms with van der Waals surface area (Å²) >= 11 is 0. The van der Waals surface area contributed by atoms with Crippen molar-refractivity contribution >= 4 is 17.9 Å². The number of piperidine rings is 1. The zero-order valence-electron chi connectivity index (χ0n) is 20.6. The van der Waals surface area contributed by atoms with Gasteiger partial charge in [0.2, 0.25) is 0 Å². The minimum absolute atomic E-state index is 0.0252. The lowest BCUT2D eigenvalue weighted by atomic mass is 10.00. The minimum Gasteiger partial charge on any atom is -0.478 e. The van der Waals surface area contributed by atoms with E-state index >= 15 is 0 Å². The molecule has 1 saturated heterocycles. The Morgan fingerprint density at radius 3 is 1.86 bits per heavy atom. The molecular weight excluding hydrogens is 462 g/mol. The summed E-state index contributed by atoms with van der Waals surface area (Å²) < 4.78 is 11.6. The number of nitrogens with zero attached hydrogens (tertiary/aromatic N) is 1. The van der Waals surface area contributed by atoms with Crippen molar-refractivity contribution in [3.63, 3.8) is 0 Å². The number of carbonyl (C=O) groups excluding carboxylic acids is 1. The maximum absolute atomic E-state index is 11.5. The Kier molecular flexibility index (Phi) is 13.0. The number of ether oxygens (including phenoxy) is 2. The van der Waals surface area contributed by atoms with Gasteiger partial charge in [-0.1, -0.05) is 60.7 Å². The molecule has 2 N–H and O–H groups in total. The number of esters is 1. The normalized spacial score (nSPS) is 14.3. The molecule has 3 rings (SSSR count). The van der Waals surface area contributed by atoms with Crippen LogP contribution >= 0.6 is 0 Å². The maximum atomic E-state index is 11.5. The first-order valence-electron chi connectivity index (χ1n) is 12.2. The van der Waals surface area contributed by atoms with Gasteiger partial charge in [0, 0.05) is 31.7 Å². The zero-order valence-corrected chi connectivity index (χ0v) is 20.6. The molecule has 2 aromatic carbocycles. The average molecular weight is 498 g/mol. The van der Waals surface area contributed by atoms with E-state index < -0.39 is 11.9 Å². The number of benzene rings is 2. The molecule has 0 spiro atoms. The highest BCUT2D eigenvalue weighted by atomic mass is 16.5. The van der Waals surface area contributed by atoms with E-state index in [1.54, 1.807) is 0 Å². The third-order valence-corrected chi connectivity index (χ3v) is 5.60. The van der Waals surface area contributed by atoms with Crippen LogP contribution in [0.1, 0.15) is 49.8 Å². The van der Waals surface area contributed by atoms with Crippen molar-refractivity contribution in [1.29, 1.82) is 0 Å². The highest BCUT2D eigenvalue weighted by Crippen LogP contribution is 2.30. The van der Waals surface area contributed by atoms with Gasteiger partial charge in [0.05, 0.1) is 12.7 Å². The molecule has 0 saturated carbocycles. The molecular formula is C28H35NO7. The summed E-state index contributed by atoms with van der Waals surface area (Å²) in [6.45, 7) is 5.30. The molecule has 1 aliphatic heterocycles. The van der Waals surface area contributed by atoms with Crippen LogP contribution < -0.4 is 0 Å². The molecule has 0 amide bonds. The summed E-state index contributed by atoms with van der Waals surface area (Å²) in [6.07, 6.45) is 4.76. The van der Waals surface area contributed by atoms with Crippen molar-refractivity contribution in [3.05, 3.63) is 83.9 Å². The molecule has 1 fully saturated rings. The molecule has 8 heteroatoms. The monoisotopic (exact) mass is 497 g/mol.